The van der Waals surface area contributed by atoms with E-state index in [0.717, 1.165) is 23.9 Å². The maximum Gasteiger partial charge on any atom is 0.417 e. The predicted molar refractivity (Wildman–Crippen MR) is 139 cm³/mol. The van der Waals surface area contributed by atoms with E-state index in [1.807, 2.05) is 12.1 Å². The molecular weight excluding hydrogens is 530 g/mol. The molecule has 2 amide bonds. The van der Waals surface area contributed by atoms with Crippen LogP contribution in [0.2, 0.25) is 5.02 Å². The van der Waals surface area contributed by atoms with Crippen LogP contribution in [0.1, 0.15) is 12.0 Å². The van der Waals surface area contributed by atoms with Crippen LogP contribution in [0.15, 0.2) is 67.0 Å². The minimum absolute atomic E-state index is 0.0537. The Hall–Kier alpha value is -3.76. The molecule has 12 heteroatoms. The molecule has 0 aliphatic heterocycles. The number of hydrogen-bond acceptors (Lipinski definition) is 5. The highest BCUT2D eigenvalue weighted by Gasteiger charge is 2.33. The van der Waals surface area contributed by atoms with Crippen molar-refractivity contribution in [1.29, 1.82) is 0 Å². The van der Waals surface area contributed by atoms with Gasteiger partial charge in [-0.3, -0.25) is 0 Å². The number of hydrogen-bond donors (Lipinski definition) is 3. The number of halogens is 5. The summed E-state index contributed by atoms with van der Waals surface area (Å²) in [6.45, 7) is 0.500. The molecule has 37 heavy (non-hydrogen) atoms. The van der Waals surface area contributed by atoms with Crippen LogP contribution in [0.25, 0.3) is 10.9 Å². The Morgan fingerprint density at radius 3 is 2.46 bits per heavy atom. The van der Waals surface area contributed by atoms with Gasteiger partial charge in [0.15, 0.2) is 0 Å². The highest BCUT2D eigenvalue weighted by atomic mass is 35.5. The molecule has 0 saturated carbocycles. The lowest BCUT2D eigenvalue weighted by Gasteiger charge is -2.13. The number of anilines is 4. The zero-order valence-electron chi connectivity index (χ0n) is 19.1. The number of nitrogens with zero attached hydrogens (tertiary/aromatic N) is 2. The van der Waals surface area contributed by atoms with E-state index in [4.69, 9.17) is 27.9 Å². The van der Waals surface area contributed by atoms with Crippen LogP contribution >= 0.6 is 23.2 Å². The van der Waals surface area contributed by atoms with E-state index >= 15 is 0 Å². The van der Waals surface area contributed by atoms with Gasteiger partial charge in [0.1, 0.15) is 17.9 Å². The Morgan fingerprint density at radius 1 is 0.946 bits per heavy atom. The SMILES string of the molecule is O=C(Nc1cccc(Nc2ncnc3cc(OCCCCl)ccc23)c1)Nc1ccc(Cl)c(C(F)(F)F)c1. The third kappa shape index (κ3) is 6.93. The van der Waals surface area contributed by atoms with Gasteiger partial charge < -0.3 is 20.7 Å². The second kappa shape index (κ2) is 11.5. The van der Waals surface area contributed by atoms with Gasteiger partial charge in [-0.2, -0.15) is 13.2 Å². The Balaban J connectivity index is 1.45. The quantitative estimate of drug-likeness (QED) is 0.155. The fourth-order valence-corrected chi connectivity index (χ4v) is 3.73. The molecule has 192 valence electrons. The zero-order chi connectivity index (χ0) is 26.4. The Kier molecular flexibility index (Phi) is 8.20. The van der Waals surface area contributed by atoms with Crippen molar-refractivity contribution in [1.82, 2.24) is 9.97 Å². The van der Waals surface area contributed by atoms with E-state index in [1.54, 1.807) is 30.3 Å². The first-order valence-electron chi connectivity index (χ1n) is 11.0. The summed E-state index contributed by atoms with van der Waals surface area (Å²) >= 11 is 11.3. The summed E-state index contributed by atoms with van der Waals surface area (Å²) in [5.41, 5.74) is 0.605. The number of rotatable bonds is 8. The van der Waals surface area contributed by atoms with Crippen LogP contribution < -0.4 is 20.7 Å². The molecule has 0 aliphatic carbocycles. The van der Waals surface area contributed by atoms with Crippen LogP contribution in [-0.4, -0.2) is 28.5 Å². The summed E-state index contributed by atoms with van der Waals surface area (Å²) in [4.78, 5) is 21.0. The molecule has 4 aromatic rings. The Bertz CT molecular complexity index is 1420. The highest BCUT2D eigenvalue weighted by molar-refractivity contribution is 6.31. The monoisotopic (exact) mass is 549 g/mol. The zero-order valence-corrected chi connectivity index (χ0v) is 20.6. The van der Waals surface area contributed by atoms with Gasteiger partial charge in [0.05, 0.1) is 22.7 Å². The number of amides is 2. The molecule has 0 aliphatic rings. The molecule has 0 unspecified atom stereocenters. The van der Waals surface area contributed by atoms with Crippen molar-refractivity contribution in [3.8, 4) is 5.75 Å². The minimum atomic E-state index is -4.64. The Morgan fingerprint density at radius 2 is 1.70 bits per heavy atom. The normalized spacial score (nSPS) is 11.3. The van der Waals surface area contributed by atoms with Gasteiger partial charge in [0.2, 0.25) is 0 Å². The number of ether oxygens (including phenoxy) is 1. The topological polar surface area (TPSA) is 88.2 Å². The molecule has 0 fully saturated rings. The van der Waals surface area contributed by atoms with Crippen LogP contribution in [0.4, 0.5) is 40.8 Å². The minimum Gasteiger partial charge on any atom is -0.493 e. The van der Waals surface area contributed by atoms with Gasteiger partial charge in [-0.25, -0.2) is 14.8 Å². The molecule has 1 aromatic heterocycles. The molecule has 0 atom stereocenters. The number of fused-ring (bicyclic) bond motifs is 1. The number of carbonyl (C=O) groups excluding carboxylic acids is 1. The molecule has 4 rings (SSSR count). The van der Waals surface area contributed by atoms with E-state index in [0.29, 0.717) is 40.9 Å². The van der Waals surface area contributed by atoms with Crippen molar-refractivity contribution in [2.75, 3.05) is 28.4 Å². The lowest BCUT2D eigenvalue weighted by Crippen LogP contribution is -2.20. The summed E-state index contributed by atoms with van der Waals surface area (Å²) in [6.07, 6.45) is -2.49. The van der Waals surface area contributed by atoms with Crippen LogP contribution in [-0.2, 0) is 6.18 Å². The molecule has 1 heterocycles. The van der Waals surface area contributed by atoms with Crippen LogP contribution in [0, 0.1) is 0 Å². The first kappa shape index (κ1) is 26.3. The van der Waals surface area contributed by atoms with E-state index in [1.165, 1.54) is 12.4 Å². The largest absolute Gasteiger partial charge is 0.493 e. The number of nitrogens with one attached hydrogen (secondary N) is 3. The number of urea groups is 1. The molecular formula is C25H20Cl2F3N5O2. The van der Waals surface area contributed by atoms with Gasteiger partial charge in [-0.15, -0.1) is 11.6 Å². The summed E-state index contributed by atoms with van der Waals surface area (Å²) in [5, 5.41) is 8.47. The second-order valence-corrected chi connectivity index (χ2v) is 8.55. The average Bonchev–Trinajstić information content (AvgIpc) is 2.85. The van der Waals surface area contributed by atoms with Crippen molar-refractivity contribution in [2.24, 2.45) is 0 Å². The average molecular weight is 550 g/mol. The van der Waals surface area contributed by atoms with Gasteiger partial charge in [-0.05, 0) is 55.0 Å². The number of benzene rings is 3. The predicted octanol–water partition coefficient (Wildman–Crippen LogP) is 7.70. The van der Waals surface area contributed by atoms with Crippen LogP contribution in [0.5, 0.6) is 5.75 Å². The van der Waals surface area contributed by atoms with E-state index in [2.05, 4.69) is 25.9 Å². The van der Waals surface area contributed by atoms with Crippen LogP contribution in [0.3, 0.4) is 0 Å². The smallest absolute Gasteiger partial charge is 0.417 e. The first-order chi connectivity index (χ1) is 17.7. The van der Waals surface area contributed by atoms with Gasteiger partial charge in [-0.1, -0.05) is 17.7 Å². The van der Waals surface area contributed by atoms with Crippen molar-refractivity contribution in [2.45, 2.75) is 12.6 Å². The van der Waals surface area contributed by atoms with Gasteiger partial charge in [0.25, 0.3) is 0 Å². The van der Waals surface area contributed by atoms with E-state index < -0.39 is 22.8 Å². The molecule has 7 nitrogen and oxygen atoms in total. The van der Waals surface area contributed by atoms with E-state index in [-0.39, 0.29) is 5.69 Å². The maximum absolute atomic E-state index is 13.1. The highest BCUT2D eigenvalue weighted by Crippen LogP contribution is 2.36. The number of aromatic nitrogens is 2. The summed E-state index contributed by atoms with van der Waals surface area (Å²) in [5.74, 6) is 1.72. The molecule has 0 spiro atoms. The fraction of sp³-hybridized carbons (Fsp3) is 0.160. The molecule has 0 radical (unpaired) electrons. The maximum atomic E-state index is 13.1. The molecule has 3 aromatic carbocycles. The van der Waals surface area contributed by atoms with E-state index in [9.17, 15) is 18.0 Å². The summed E-state index contributed by atoms with van der Waals surface area (Å²) in [7, 11) is 0. The van der Waals surface area contributed by atoms with Crippen molar-refractivity contribution >= 4 is 63.0 Å². The lowest BCUT2D eigenvalue weighted by atomic mass is 10.2. The third-order valence-corrected chi connectivity index (χ3v) is 5.66. The fourth-order valence-electron chi connectivity index (χ4n) is 3.40. The standard InChI is InChI=1S/C25H20Cl2F3N5O2/c26-9-2-10-37-18-6-7-19-22(13-18)31-14-32-23(19)33-15-3-1-4-16(11-15)34-24(36)35-17-5-8-21(27)20(12-17)25(28,29)30/h1,3-8,11-14H,2,9-10H2,(H,31,32,33)(H2,34,35,36). The van der Waals surface area contributed by atoms with Crippen molar-refractivity contribution < 1.29 is 22.7 Å². The van der Waals surface area contributed by atoms with Gasteiger partial charge >= 0.3 is 12.2 Å². The molecule has 0 saturated heterocycles. The lowest BCUT2D eigenvalue weighted by molar-refractivity contribution is -0.137. The Labute approximate surface area is 220 Å². The number of alkyl halides is 4. The van der Waals surface area contributed by atoms with Crippen molar-refractivity contribution in [3.05, 3.63) is 77.6 Å². The second-order valence-electron chi connectivity index (χ2n) is 7.77. The summed E-state index contributed by atoms with van der Waals surface area (Å²) < 4.78 is 44.9. The summed E-state index contributed by atoms with van der Waals surface area (Å²) in [6, 6.07) is 14.6. The first-order valence-corrected chi connectivity index (χ1v) is 11.9. The van der Waals surface area contributed by atoms with Gasteiger partial charge in [0, 0.05) is 34.4 Å². The molecule has 3 N–H and O–H groups in total. The third-order valence-electron chi connectivity index (χ3n) is 5.07. The van der Waals surface area contributed by atoms with Crippen molar-refractivity contribution in [3.63, 3.8) is 0 Å². The molecule has 0 bridgehead atoms. The number of carbonyl (C=O) groups is 1.